The second kappa shape index (κ2) is 42.8. The lowest BCUT2D eigenvalue weighted by molar-refractivity contribution is -0.148. The first-order chi connectivity index (χ1) is 25.6. The number of Topliss-reactive ketones (excluding diaryl/α,β-unsaturated/α-hetero) is 1. The first-order valence-electron chi connectivity index (χ1n) is 23.2. The lowest BCUT2D eigenvalue weighted by Crippen LogP contribution is -2.27. The van der Waals surface area contributed by atoms with E-state index in [0.29, 0.717) is 31.7 Å². The molecule has 0 atom stereocenters. The fraction of sp³-hybridized carbons (Fsp3) is 0.957. The topological polar surface area (TPSA) is 65.1 Å². The number of unbranched alkanes of at least 4 members (excludes halogenated alkanes) is 23. The van der Waals surface area contributed by atoms with E-state index in [-0.39, 0.29) is 12.3 Å². The average molecular weight is 738 g/mol. The third-order valence-corrected chi connectivity index (χ3v) is 10.5. The molecule has 0 aliphatic carbocycles. The fourth-order valence-electron chi connectivity index (χ4n) is 6.87. The molecule has 0 amide bonds. The smallest absolute Gasteiger partial charge is 0.305 e. The Labute approximate surface area is 325 Å². The van der Waals surface area contributed by atoms with Crippen LogP contribution in [-0.2, 0) is 23.8 Å². The van der Waals surface area contributed by atoms with Gasteiger partial charge in [0.25, 0.3) is 0 Å². The van der Waals surface area contributed by atoms with Gasteiger partial charge in [0.1, 0.15) is 5.78 Å². The van der Waals surface area contributed by atoms with E-state index < -0.39 is 0 Å². The lowest BCUT2D eigenvalue weighted by atomic mass is 10.1. The molecule has 52 heavy (non-hydrogen) atoms. The molecule has 0 unspecified atom stereocenters. The van der Waals surface area contributed by atoms with Gasteiger partial charge in [-0.15, -0.1) is 0 Å². The number of carbonyl (C=O) groups excluding carboxylic acids is 2. The minimum atomic E-state index is -0.0422. The summed E-state index contributed by atoms with van der Waals surface area (Å²) in [5.41, 5.74) is 0. The highest BCUT2D eigenvalue weighted by Crippen LogP contribution is 2.15. The molecular formula is C46H91NO5. The molecule has 0 aromatic heterocycles. The Bertz CT molecular complexity index is 714. The molecule has 0 aliphatic rings. The van der Waals surface area contributed by atoms with E-state index in [9.17, 15) is 9.59 Å². The van der Waals surface area contributed by atoms with Gasteiger partial charge in [-0.2, -0.15) is 0 Å². The Morgan fingerprint density at radius 3 is 1.33 bits per heavy atom. The molecule has 0 spiro atoms. The predicted octanol–water partition coefficient (Wildman–Crippen LogP) is 13.7. The van der Waals surface area contributed by atoms with Crippen molar-refractivity contribution >= 4 is 11.8 Å². The molecular weight excluding hydrogens is 647 g/mol. The summed E-state index contributed by atoms with van der Waals surface area (Å²) < 4.78 is 18.0. The van der Waals surface area contributed by atoms with Crippen LogP contribution in [0.2, 0.25) is 0 Å². The third kappa shape index (κ3) is 38.7. The van der Waals surface area contributed by atoms with E-state index in [4.69, 9.17) is 14.2 Å². The monoisotopic (exact) mass is 738 g/mol. The van der Waals surface area contributed by atoms with Crippen LogP contribution in [0.1, 0.15) is 240 Å². The molecule has 0 fully saturated rings. The maximum absolute atomic E-state index is 12.1. The van der Waals surface area contributed by atoms with Crippen LogP contribution in [0.3, 0.4) is 0 Å². The number of ketones is 1. The second-order valence-corrected chi connectivity index (χ2v) is 15.6. The summed E-state index contributed by atoms with van der Waals surface area (Å²) >= 11 is 0. The van der Waals surface area contributed by atoms with E-state index in [1.54, 1.807) is 0 Å². The molecule has 0 bridgehead atoms. The highest BCUT2D eigenvalue weighted by molar-refractivity contribution is 5.77. The van der Waals surface area contributed by atoms with Gasteiger partial charge in [0.2, 0.25) is 0 Å². The number of ether oxygens (including phenoxy) is 3. The largest absolute Gasteiger partial charge is 0.466 e. The van der Waals surface area contributed by atoms with Crippen molar-refractivity contribution in [3.63, 3.8) is 0 Å². The molecule has 6 heteroatoms. The summed E-state index contributed by atoms with van der Waals surface area (Å²) in [5, 5.41) is 0. The minimum absolute atomic E-state index is 0.0179. The quantitative estimate of drug-likeness (QED) is 0.0352. The van der Waals surface area contributed by atoms with Crippen LogP contribution in [0.5, 0.6) is 0 Å². The van der Waals surface area contributed by atoms with E-state index in [2.05, 4.69) is 25.7 Å². The summed E-state index contributed by atoms with van der Waals surface area (Å²) in [6.07, 6.45) is 38.5. The van der Waals surface area contributed by atoms with Crippen molar-refractivity contribution in [2.45, 2.75) is 246 Å². The van der Waals surface area contributed by atoms with E-state index in [1.165, 1.54) is 141 Å². The Hall–Kier alpha value is -0.980. The van der Waals surface area contributed by atoms with Crippen LogP contribution >= 0.6 is 0 Å². The van der Waals surface area contributed by atoms with Crippen molar-refractivity contribution in [2.75, 3.05) is 39.5 Å². The van der Waals surface area contributed by atoms with E-state index in [0.717, 1.165) is 84.2 Å². The fourth-order valence-corrected chi connectivity index (χ4v) is 6.87. The highest BCUT2D eigenvalue weighted by Gasteiger charge is 2.11. The Morgan fingerprint density at radius 2 is 0.827 bits per heavy atom. The Balaban J connectivity index is 4.29. The van der Waals surface area contributed by atoms with Gasteiger partial charge in [0.15, 0.2) is 6.29 Å². The summed E-state index contributed by atoms with van der Waals surface area (Å²) in [7, 11) is 0. The zero-order valence-corrected chi connectivity index (χ0v) is 35.6. The molecule has 6 nitrogen and oxygen atoms in total. The lowest BCUT2D eigenvalue weighted by Gasteiger charge is -2.22. The van der Waals surface area contributed by atoms with Gasteiger partial charge >= 0.3 is 5.97 Å². The molecule has 0 heterocycles. The molecule has 0 saturated carbocycles. The average Bonchev–Trinajstić information content (AvgIpc) is 3.15. The SMILES string of the molecule is CCCCCCCCCOC(=O)CCCCCCCN(CCCCCCC(OCCCCCCCC)OCCCCCCCC)CCCC(=O)CC. The second-order valence-electron chi connectivity index (χ2n) is 15.6. The van der Waals surface area contributed by atoms with Crippen molar-refractivity contribution in [3.05, 3.63) is 0 Å². The van der Waals surface area contributed by atoms with Gasteiger partial charge in [0, 0.05) is 32.5 Å². The normalized spacial score (nSPS) is 11.7. The summed E-state index contributed by atoms with van der Waals surface area (Å²) in [6.45, 7) is 14.3. The van der Waals surface area contributed by atoms with Crippen LogP contribution in [-0.4, -0.2) is 62.4 Å². The molecule has 0 N–H and O–H groups in total. The number of nitrogens with zero attached hydrogens (tertiary/aromatic N) is 1. The molecule has 0 aromatic rings. The minimum Gasteiger partial charge on any atom is -0.466 e. The number of esters is 1. The molecule has 0 saturated heterocycles. The van der Waals surface area contributed by atoms with Crippen molar-refractivity contribution < 1.29 is 23.8 Å². The van der Waals surface area contributed by atoms with Gasteiger partial charge in [-0.1, -0.05) is 163 Å². The maximum atomic E-state index is 12.1. The number of rotatable bonds is 44. The number of hydrogen-bond acceptors (Lipinski definition) is 6. The Kier molecular flexibility index (Phi) is 42.0. The van der Waals surface area contributed by atoms with Gasteiger partial charge in [-0.05, 0) is 77.4 Å². The van der Waals surface area contributed by atoms with Crippen molar-refractivity contribution in [1.82, 2.24) is 4.90 Å². The van der Waals surface area contributed by atoms with Crippen molar-refractivity contribution in [2.24, 2.45) is 0 Å². The first-order valence-corrected chi connectivity index (χ1v) is 23.2. The zero-order valence-electron chi connectivity index (χ0n) is 35.6. The Morgan fingerprint density at radius 1 is 0.423 bits per heavy atom. The van der Waals surface area contributed by atoms with E-state index in [1.807, 2.05) is 6.92 Å². The van der Waals surface area contributed by atoms with Crippen molar-refractivity contribution in [1.29, 1.82) is 0 Å². The van der Waals surface area contributed by atoms with Crippen LogP contribution in [0.15, 0.2) is 0 Å². The van der Waals surface area contributed by atoms with E-state index >= 15 is 0 Å². The van der Waals surface area contributed by atoms with Crippen LogP contribution in [0.4, 0.5) is 0 Å². The standard InChI is InChI=1S/C46H91NO5/c1-5-9-12-15-18-26-31-41-50-45(49)36-27-20-19-22-29-38-47(40-34-35-44(48)8-4)39-30-23-21-28-37-46(51-42-32-24-16-13-10-6-2)52-43-33-25-17-14-11-7-3/h46H,5-43H2,1-4H3. The number of hydrogen-bond donors (Lipinski definition) is 0. The predicted molar refractivity (Wildman–Crippen MR) is 223 cm³/mol. The van der Waals surface area contributed by atoms with Crippen LogP contribution in [0.25, 0.3) is 0 Å². The zero-order chi connectivity index (χ0) is 38.0. The molecule has 0 radical (unpaired) electrons. The van der Waals surface area contributed by atoms with Crippen molar-refractivity contribution in [3.8, 4) is 0 Å². The van der Waals surface area contributed by atoms with Gasteiger partial charge < -0.3 is 19.1 Å². The number of carbonyl (C=O) groups is 2. The van der Waals surface area contributed by atoms with Gasteiger partial charge in [-0.25, -0.2) is 0 Å². The summed E-state index contributed by atoms with van der Waals surface area (Å²) in [6, 6.07) is 0. The third-order valence-electron chi connectivity index (χ3n) is 10.5. The molecule has 310 valence electrons. The highest BCUT2D eigenvalue weighted by atomic mass is 16.7. The van der Waals surface area contributed by atoms with Crippen LogP contribution < -0.4 is 0 Å². The van der Waals surface area contributed by atoms with Gasteiger partial charge in [-0.3, -0.25) is 9.59 Å². The first kappa shape index (κ1) is 51.0. The van der Waals surface area contributed by atoms with Gasteiger partial charge in [0.05, 0.1) is 6.61 Å². The summed E-state index contributed by atoms with van der Waals surface area (Å²) in [5.74, 6) is 0.364. The molecule has 0 aromatic carbocycles. The molecule has 0 rings (SSSR count). The maximum Gasteiger partial charge on any atom is 0.305 e. The molecule has 0 aliphatic heterocycles. The van der Waals surface area contributed by atoms with Crippen LogP contribution in [0, 0.1) is 0 Å². The summed E-state index contributed by atoms with van der Waals surface area (Å²) in [4.78, 5) is 26.6.